The van der Waals surface area contributed by atoms with E-state index in [1.807, 2.05) is 23.9 Å². The van der Waals surface area contributed by atoms with Crippen molar-refractivity contribution in [3.8, 4) is 0 Å². The first kappa shape index (κ1) is 24.7. The standard InChI is InChI=1S/C25H27N3O3S3/c1-4-28-22-10-6-5-9-20(22)18(16-25(28)32-15-14-27(2)3)8-7-11-24-26-21-17-19(34(29,30)31)12-13-23(21)33-24/h5-13,16-17H,4,14-15H2,1-3H3,(H,29,30,31)/b11-7+,18-8+. The second kappa shape index (κ2) is 10.5. The maximum atomic E-state index is 11.4. The largest absolute Gasteiger partial charge is 0.336 e. The summed E-state index contributed by atoms with van der Waals surface area (Å²) in [7, 11) is -0.0712. The molecule has 0 saturated carbocycles. The fourth-order valence-electron chi connectivity index (χ4n) is 3.67. The summed E-state index contributed by atoms with van der Waals surface area (Å²) in [6, 6.07) is 12.9. The van der Waals surface area contributed by atoms with E-state index in [4.69, 9.17) is 0 Å². The maximum absolute atomic E-state index is 11.4. The van der Waals surface area contributed by atoms with E-state index in [-0.39, 0.29) is 4.90 Å². The molecule has 34 heavy (non-hydrogen) atoms. The predicted octanol–water partition coefficient (Wildman–Crippen LogP) is 5.62. The third-order valence-electron chi connectivity index (χ3n) is 5.34. The van der Waals surface area contributed by atoms with Crippen LogP contribution >= 0.6 is 23.1 Å². The fourth-order valence-corrected chi connectivity index (χ4v) is 6.29. The van der Waals surface area contributed by atoms with Crippen LogP contribution in [0.2, 0.25) is 0 Å². The van der Waals surface area contributed by atoms with E-state index in [0.29, 0.717) is 5.52 Å². The molecule has 0 aliphatic carbocycles. The van der Waals surface area contributed by atoms with Crippen molar-refractivity contribution in [2.45, 2.75) is 11.8 Å². The summed E-state index contributed by atoms with van der Waals surface area (Å²) in [5, 5.41) is 2.00. The first-order valence-corrected chi connectivity index (χ1v) is 14.1. The molecule has 1 N–H and O–H groups in total. The summed E-state index contributed by atoms with van der Waals surface area (Å²) in [5.74, 6) is 1.01. The number of thioether (sulfide) groups is 1. The highest BCUT2D eigenvalue weighted by Crippen LogP contribution is 2.39. The van der Waals surface area contributed by atoms with Crippen molar-refractivity contribution in [3.05, 3.63) is 76.3 Å². The zero-order chi connectivity index (χ0) is 24.3. The Balaban J connectivity index is 1.63. The van der Waals surface area contributed by atoms with Gasteiger partial charge in [0.2, 0.25) is 0 Å². The molecule has 2 heterocycles. The van der Waals surface area contributed by atoms with Gasteiger partial charge in [0, 0.05) is 30.1 Å². The van der Waals surface area contributed by atoms with Gasteiger partial charge in [-0.15, -0.1) is 23.1 Å². The molecule has 0 atom stereocenters. The highest BCUT2D eigenvalue weighted by molar-refractivity contribution is 8.03. The Labute approximate surface area is 209 Å². The molecule has 9 heteroatoms. The molecule has 1 aromatic heterocycles. The van der Waals surface area contributed by atoms with Crippen LogP contribution in [0.3, 0.4) is 0 Å². The van der Waals surface area contributed by atoms with Crippen LogP contribution in [0.15, 0.2) is 70.6 Å². The second-order valence-corrected chi connectivity index (χ2v) is 11.6. The quantitative estimate of drug-likeness (QED) is 0.392. The number of para-hydroxylation sites is 1. The minimum Gasteiger partial charge on any atom is -0.336 e. The number of rotatable bonds is 8. The van der Waals surface area contributed by atoms with E-state index >= 15 is 0 Å². The molecule has 0 bridgehead atoms. The molecule has 3 aromatic rings. The molecule has 0 spiro atoms. The van der Waals surface area contributed by atoms with E-state index in [9.17, 15) is 13.0 Å². The summed E-state index contributed by atoms with van der Waals surface area (Å²) >= 11 is 3.33. The highest BCUT2D eigenvalue weighted by Gasteiger charge is 2.21. The Morgan fingerprint density at radius 2 is 2.00 bits per heavy atom. The Bertz CT molecular complexity index is 1390. The van der Waals surface area contributed by atoms with Crippen LogP contribution in [-0.2, 0) is 10.1 Å². The summed E-state index contributed by atoms with van der Waals surface area (Å²) < 4.78 is 32.9. The lowest BCUT2D eigenvalue weighted by molar-refractivity contribution is 0.437. The van der Waals surface area contributed by atoms with Gasteiger partial charge in [0.1, 0.15) is 5.01 Å². The van der Waals surface area contributed by atoms with E-state index in [2.05, 4.69) is 72.2 Å². The molecule has 4 rings (SSSR count). The molecule has 0 saturated heterocycles. The van der Waals surface area contributed by atoms with Gasteiger partial charge in [-0.3, -0.25) is 4.55 Å². The first-order valence-electron chi connectivity index (χ1n) is 10.9. The van der Waals surface area contributed by atoms with Crippen molar-refractivity contribution < 1.29 is 13.0 Å². The van der Waals surface area contributed by atoms with E-state index in [1.165, 1.54) is 39.7 Å². The summed E-state index contributed by atoms with van der Waals surface area (Å²) in [4.78, 5) is 8.91. The van der Waals surface area contributed by atoms with E-state index in [1.54, 1.807) is 6.07 Å². The Morgan fingerprint density at radius 1 is 1.21 bits per heavy atom. The van der Waals surface area contributed by atoms with Crippen LogP contribution in [0.1, 0.15) is 17.5 Å². The number of benzene rings is 2. The van der Waals surface area contributed by atoms with Crippen molar-refractivity contribution in [2.75, 3.05) is 37.8 Å². The van der Waals surface area contributed by atoms with Gasteiger partial charge < -0.3 is 9.80 Å². The van der Waals surface area contributed by atoms with Crippen LogP contribution in [0.5, 0.6) is 0 Å². The monoisotopic (exact) mass is 513 g/mol. The van der Waals surface area contributed by atoms with Gasteiger partial charge in [-0.05, 0) is 63.0 Å². The summed E-state index contributed by atoms with van der Waals surface area (Å²) in [6.07, 6.45) is 8.24. The van der Waals surface area contributed by atoms with Crippen molar-refractivity contribution in [3.63, 3.8) is 0 Å². The smallest absolute Gasteiger partial charge is 0.294 e. The number of nitrogens with zero attached hydrogens (tertiary/aromatic N) is 3. The maximum Gasteiger partial charge on any atom is 0.294 e. The molecule has 2 aromatic carbocycles. The molecule has 178 valence electrons. The van der Waals surface area contributed by atoms with Gasteiger partial charge in [0.15, 0.2) is 0 Å². The lowest BCUT2D eigenvalue weighted by Crippen LogP contribution is -2.25. The van der Waals surface area contributed by atoms with Crippen LogP contribution in [0.4, 0.5) is 5.69 Å². The third-order valence-corrected chi connectivity index (χ3v) is 8.22. The van der Waals surface area contributed by atoms with Gasteiger partial charge in [-0.25, -0.2) is 4.98 Å². The van der Waals surface area contributed by atoms with Crippen LogP contribution < -0.4 is 4.90 Å². The lowest BCUT2D eigenvalue weighted by Gasteiger charge is -2.32. The first-order chi connectivity index (χ1) is 16.3. The number of aromatic nitrogens is 1. The van der Waals surface area contributed by atoms with Crippen molar-refractivity contribution >= 4 is 60.8 Å². The molecule has 0 amide bonds. The molecular formula is C25H27N3O3S3. The van der Waals surface area contributed by atoms with Gasteiger partial charge >= 0.3 is 0 Å². The van der Waals surface area contributed by atoms with Crippen LogP contribution in [0, 0.1) is 0 Å². The molecule has 6 nitrogen and oxygen atoms in total. The average Bonchev–Trinajstić information content (AvgIpc) is 3.20. The number of anilines is 1. The van der Waals surface area contributed by atoms with Crippen molar-refractivity contribution in [1.29, 1.82) is 0 Å². The zero-order valence-corrected chi connectivity index (χ0v) is 21.8. The topological polar surface area (TPSA) is 73.7 Å². The van der Waals surface area contributed by atoms with Crippen LogP contribution in [0.25, 0.3) is 21.9 Å². The molecule has 0 radical (unpaired) electrons. The van der Waals surface area contributed by atoms with Gasteiger partial charge in [-0.2, -0.15) is 8.42 Å². The normalized spacial score (nSPS) is 15.5. The second-order valence-electron chi connectivity index (χ2n) is 8.03. The Morgan fingerprint density at radius 3 is 2.74 bits per heavy atom. The highest BCUT2D eigenvalue weighted by atomic mass is 32.2. The number of allylic oxidation sites excluding steroid dienone is 4. The summed E-state index contributed by atoms with van der Waals surface area (Å²) in [5.41, 5.74) is 4.08. The Hall–Kier alpha value is -2.43. The van der Waals surface area contributed by atoms with E-state index < -0.39 is 10.1 Å². The van der Waals surface area contributed by atoms with Crippen molar-refractivity contribution in [2.24, 2.45) is 0 Å². The van der Waals surface area contributed by atoms with E-state index in [0.717, 1.165) is 34.1 Å². The average molecular weight is 514 g/mol. The SMILES string of the molecule is CCN1C(SCCN(C)C)=C/C(=C\C=C\c2nc3cc(S(=O)(=O)O)ccc3s2)c2ccccc21. The molecule has 0 unspecified atom stereocenters. The predicted molar refractivity (Wildman–Crippen MR) is 145 cm³/mol. The van der Waals surface area contributed by atoms with Gasteiger partial charge in [0.05, 0.1) is 20.1 Å². The minimum absolute atomic E-state index is 0.147. The van der Waals surface area contributed by atoms with Crippen molar-refractivity contribution in [1.82, 2.24) is 9.88 Å². The Kier molecular flexibility index (Phi) is 7.59. The zero-order valence-electron chi connectivity index (χ0n) is 19.3. The number of hydrogen-bond acceptors (Lipinski definition) is 7. The number of hydrogen-bond donors (Lipinski definition) is 1. The molecule has 1 aliphatic heterocycles. The lowest BCUT2D eigenvalue weighted by atomic mass is 9.99. The fraction of sp³-hybridized carbons (Fsp3) is 0.240. The molecular weight excluding hydrogens is 486 g/mol. The van der Waals surface area contributed by atoms with Gasteiger partial charge in [-0.1, -0.05) is 30.4 Å². The minimum atomic E-state index is -4.25. The third kappa shape index (κ3) is 5.61. The number of thiazole rings is 1. The number of fused-ring (bicyclic) bond motifs is 2. The van der Waals surface area contributed by atoms with Gasteiger partial charge in [0.25, 0.3) is 10.1 Å². The summed E-state index contributed by atoms with van der Waals surface area (Å²) in [6.45, 7) is 4.08. The molecule has 0 fully saturated rings. The molecule has 1 aliphatic rings. The van der Waals surface area contributed by atoms with Crippen LogP contribution in [-0.4, -0.2) is 55.8 Å².